The summed E-state index contributed by atoms with van der Waals surface area (Å²) in [6.07, 6.45) is 6.78. The van der Waals surface area contributed by atoms with Gasteiger partial charge in [-0.2, -0.15) is 0 Å². The summed E-state index contributed by atoms with van der Waals surface area (Å²) in [6.45, 7) is 0. The van der Waals surface area contributed by atoms with Crippen molar-refractivity contribution < 1.29 is 5.11 Å². The molecule has 4 aromatic heterocycles. The number of thiazole rings is 2. The first-order valence-electron chi connectivity index (χ1n) is 9.22. The average molecular weight is 418 g/mol. The molecular weight excluding hydrogens is 402 g/mol. The second-order valence-corrected chi connectivity index (χ2v) is 8.86. The average Bonchev–Trinajstić information content (AvgIpc) is 3.53. The molecule has 0 amide bonds. The van der Waals surface area contributed by atoms with Gasteiger partial charge >= 0.3 is 0 Å². The monoisotopic (exact) mass is 417 g/mol. The van der Waals surface area contributed by atoms with Gasteiger partial charge in [-0.3, -0.25) is 4.98 Å². The molecule has 1 atom stereocenters. The van der Waals surface area contributed by atoms with Crippen molar-refractivity contribution in [3.05, 3.63) is 69.9 Å². The maximum Gasteiger partial charge on any atom is 0.156 e. The molecule has 29 heavy (non-hydrogen) atoms. The lowest BCUT2D eigenvalue weighted by molar-refractivity contribution is 0.0790. The van der Waals surface area contributed by atoms with Gasteiger partial charge in [0.2, 0.25) is 0 Å². The summed E-state index contributed by atoms with van der Waals surface area (Å²) in [5.74, 6) is 0. The van der Waals surface area contributed by atoms with E-state index in [-0.39, 0.29) is 0 Å². The van der Waals surface area contributed by atoms with Crippen molar-refractivity contribution in [2.75, 3.05) is 0 Å². The summed E-state index contributed by atoms with van der Waals surface area (Å²) in [4.78, 5) is 22.3. The van der Waals surface area contributed by atoms with Crippen LogP contribution in [0.5, 0.6) is 0 Å². The summed E-state index contributed by atoms with van der Waals surface area (Å²) >= 11 is 3.20. The van der Waals surface area contributed by atoms with Gasteiger partial charge in [0, 0.05) is 40.0 Å². The van der Waals surface area contributed by atoms with Gasteiger partial charge in [0.15, 0.2) is 5.65 Å². The standard InChI is InChI=1S/C21H15N5OS2/c27-21(5-4-16-18(21)25-11-29-16)13-3-1-2-12(8-13)20-26-15(10-28-20)14-9-24-19-17(14)22-6-7-23-19/h1-3,6-11,27H,4-5H2,(H,23,24)/t21-/m0/s1. The zero-order chi connectivity index (χ0) is 19.4. The maximum atomic E-state index is 11.4. The van der Waals surface area contributed by atoms with Gasteiger partial charge in [-0.05, 0) is 24.5 Å². The van der Waals surface area contributed by atoms with Gasteiger partial charge in [0.25, 0.3) is 0 Å². The molecule has 0 spiro atoms. The van der Waals surface area contributed by atoms with E-state index in [0.717, 1.165) is 50.7 Å². The van der Waals surface area contributed by atoms with E-state index in [0.29, 0.717) is 6.42 Å². The lowest BCUT2D eigenvalue weighted by atomic mass is 9.90. The number of H-pyrrole nitrogens is 1. The smallest absolute Gasteiger partial charge is 0.156 e. The first-order valence-corrected chi connectivity index (χ1v) is 11.0. The van der Waals surface area contributed by atoms with E-state index >= 15 is 0 Å². The van der Waals surface area contributed by atoms with Crippen LogP contribution in [0.2, 0.25) is 0 Å². The van der Waals surface area contributed by atoms with E-state index in [4.69, 9.17) is 4.98 Å². The number of nitrogens with zero attached hydrogens (tertiary/aromatic N) is 4. The third-order valence-corrected chi connectivity index (χ3v) is 7.20. The fourth-order valence-electron chi connectivity index (χ4n) is 3.96. The number of nitrogens with one attached hydrogen (secondary N) is 1. The molecule has 0 aliphatic heterocycles. The molecule has 4 heterocycles. The second-order valence-electron chi connectivity index (χ2n) is 7.06. The van der Waals surface area contributed by atoms with Crippen molar-refractivity contribution in [1.82, 2.24) is 24.9 Å². The van der Waals surface area contributed by atoms with E-state index < -0.39 is 5.60 Å². The Bertz CT molecular complexity index is 1350. The third kappa shape index (κ3) is 2.57. The highest BCUT2D eigenvalue weighted by Crippen LogP contribution is 2.43. The maximum absolute atomic E-state index is 11.4. The highest BCUT2D eigenvalue weighted by molar-refractivity contribution is 7.13. The van der Waals surface area contributed by atoms with Crippen molar-refractivity contribution in [1.29, 1.82) is 0 Å². The summed E-state index contributed by atoms with van der Waals surface area (Å²) in [5, 5.41) is 14.3. The van der Waals surface area contributed by atoms with Gasteiger partial charge in [-0.1, -0.05) is 18.2 Å². The van der Waals surface area contributed by atoms with Crippen LogP contribution < -0.4 is 0 Å². The lowest BCUT2D eigenvalue weighted by Crippen LogP contribution is -2.24. The van der Waals surface area contributed by atoms with Gasteiger partial charge in [0.05, 0.1) is 16.9 Å². The van der Waals surface area contributed by atoms with Crippen LogP contribution in [0.3, 0.4) is 0 Å². The molecule has 0 bridgehead atoms. The number of benzene rings is 1. The Morgan fingerprint density at radius 1 is 1.10 bits per heavy atom. The van der Waals surface area contributed by atoms with Crippen LogP contribution in [0.25, 0.3) is 33.0 Å². The quantitative estimate of drug-likeness (QED) is 0.455. The van der Waals surface area contributed by atoms with Gasteiger partial charge in [-0.15, -0.1) is 22.7 Å². The number of hydrogen-bond acceptors (Lipinski definition) is 7. The van der Waals surface area contributed by atoms with Crippen LogP contribution in [0.15, 0.2) is 53.7 Å². The molecule has 0 fully saturated rings. The number of aryl methyl sites for hydroxylation is 1. The van der Waals surface area contributed by atoms with Crippen LogP contribution in [0.4, 0.5) is 0 Å². The number of fused-ring (bicyclic) bond motifs is 2. The van der Waals surface area contributed by atoms with Crippen LogP contribution in [0.1, 0.15) is 22.6 Å². The largest absolute Gasteiger partial charge is 0.379 e. The fourth-order valence-corrected chi connectivity index (χ4v) is 5.62. The van der Waals surface area contributed by atoms with E-state index in [1.807, 2.05) is 41.4 Å². The molecule has 142 valence electrons. The fraction of sp³-hybridized carbons (Fsp3) is 0.143. The molecule has 1 aliphatic carbocycles. The summed E-state index contributed by atoms with van der Waals surface area (Å²) < 4.78 is 0. The van der Waals surface area contributed by atoms with E-state index in [2.05, 4.69) is 19.9 Å². The van der Waals surface area contributed by atoms with Crippen LogP contribution in [-0.2, 0) is 12.0 Å². The van der Waals surface area contributed by atoms with Crippen LogP contribution in [0, 0.1) is 0 Å². The normalized spacial score (nSPS) is 18.4. The molecule has 1 aliphatic rings. The number of rotatable bonds is 3. The lowest BCUT2D eigenvalue weighted by Gasteiger charge is -2.23. The molecule has 0 saturated carbocycles. The minimum atomic E-state index is -1.02. The van der Waals surface area contributed by atoms with E-state index in [9.17, 15) is 5.11 Å². The van der Waals surface area contributed by atoms with Crippen molar-refractivity contribution in [2.24, 2.45) is 0 Å². The van der Waals surface area contributed by atoms with Crippen LogP contribution >= 0.6 is 22.7 Å². The highest BCUT2D eigenvalue weighted by atomic mass is 32.1. The van der Waals surface area contributed by atoms with E-state index in [1.54, 1.807) is 35.1 Å². The molecule has 8 heteroatoms. The summed E-state index contributed by atoms with van der Waals surface area (Å²) in [7, 11) is 0. The Hall–Kier alpha value is -2.94. The van der Waals surface area contributed by atoms with Crippen LogP contribution in [-0.4, -0.2) is 30.0 Å². The predicted octanol–water partition coefficient (Wildman–Crippen LogP) is 4.39. The van der Waals surface area contributed by atoms with Crippen molar-refractivity contribution in [2.45, 2.75) is 18.4 Å². The van der Waals surface area contributed by atoms with Crippen molar-refractivity contribution >= 4 is 33.8 Å². The first-order chi connectivity index (χ1) is 14.2. The Morgan fingerprint density at radius 3 is 3.00 bits per heavy atom. The zero-order valence-corrected chi connectivity index (χ0v) is 16.8. The first kappa shape index (κ1) is 17.0. The molecule has 5 aromatic rings. The Labute approximate surface area is 174 Å². The van der Waals surface area contributed by atoms with Crippen molar-refractivity contribution in [3.63, 3.8) is 0 Å². The van der Waals surface area contributed by atoms with Gasteiger partial charge < -0.3 is 10.1 Å². The minimum Gasteiger partial charge on any atom is -0.379 e. The molecule has 6 nitrogen and oxygen atoms in total. The molecule has 0 radical (unpaired) electrons. The molecule has 0 unspecified atom stereocenters. The molecule has 1 aromatic carbocycles. The minimum absolute atomic E-state index is 0.669. The second kappa shape index (κ2) is 6.28. The topological polar surface area (TPSA) is 87.6 Å². The predicted molar refractivity (Wildman–Crippen MR) is 114 cm³/mol. The third-order valence-electron chi connectivity index (χ3n) is 5.42. The number of aromatic amines is 1. The Balaban J connectivity index is 1.40. The SMILES string of the molecule is O[C@]1(c2cccc(-c3nc(-c4c[nH]c5nccnc45)cs3)c2)CCc2scnc21. The van der Waals surface area contributed by atoms with E-state index in [1.165, 1.54) is 4.88 Å². The number of aromatic nitrogens is 5. The number of aliphatic hydroxyl groups is 1. The van der Waals surface area contributed by atoms with Crippen molar-refractivity contribution in [3.8, 4) is 21.8 Å². The Morgan fingerprint density at radius 2 is 2.03 bits per heavy atom. The molecule has 0 saturated heterocycles. The molecule has 6 rings (SSSR count). The highest BCUT2D eigenvalue weighted by Gasteiger charge is 2.41. The van der Waals surface area contributed by atoms with Gasteiger partial charge in [0.1, 0.15) is 16.1 Å². The summed E-state index contributed by atoms with van der Waals surface area (Å²) in [5.41, 5.74) is 6.83. The molecule has 2 N–H and O–H groups in total. The zero-order valence-electron chi connectivity index (χ0n) is 15.2. The number of hydrogen-bond donors (Lipinski definition) is 2. The Kier molecular flexibility index (Phi) is 3.67. The molecular formula is C21H15N5OS2. The van der Waals surface area contributed by atoms with Gasteiger partial charge in [-0.25, -0.2) is 15.0 Å². The summed E-state index contributed by atoms with van der Waals surface area (Å²) in [6, 6.07) is 8.01.